The maximum atomic E-state index is 12.8. The van der Waals surface area contributed by atoms with Crippen LogP contribution in [0.2, 0.25) is 0 Å². The lowest BCUT2D eigenvalue weighted by Crippen LogP contribution is -2.45. The second-order valence-corrected chi connectivity index (χ2v) is 8.74. The number of benzene rings is 1. The molecular formula is C22H28N4OS. The van der Waals surface area contributed by atoms with E-state index in [2.05, 4.69) is 21.7 Å². The van der Waals surface area contributed by atoms with E-state index < -0.39 is 0 Å². The molecule has 4 rings (SSSR count). The second-order valence-electron chi connectivity index (χ2n) is 7.79. The molecule has 1 saturated heterocycles. The van der Waals surface area contributed by atoms with Crippen LogP contribution in [-0.4, -0.2) is 44.4 Å². The number of piperidine rings is 1. The van der Waals surface area contributed by atoms with E-state index in [1.165, 1.54) is 43.9 Å². The van der Waals surface area contributed by atoms with Crippen LogP contribution in [0, 0.1) is 11.8 Å². The van der Waals surface area contributed by atoms with Gasteiger partial charge in [0.1, 0.15) is 0 Å². The lowest BCUT2D eigenvalue weighted by Gasteiger charge is -2.41. The molecule has 2 heterocycles. The van der Waals surface area contributed by atoms with Crippen molar-refractivity contribution in [2.45, 2.75) is 43.8 Å². The standard InChI is InChI=1S/C22H28N4OS/c1-2-13-26-21(18-9-4-3-5-10-18)23-24-22(26)28-16-20(27)25-14-12-17-8-6-7-11-19(17)15-25/h2-5,9-10,17,19H,1,6-8,11-16H2/t17-,19+/m0/s1. The quantitative estimate of drug-likeness (QED) is 0.541. The van der Waals surface area contributed by atoms with Crippen molar-refractivity contribution in [2.75, 3.05) is 18.8 Å². The Labute approximate surface area is 171 Å². The maximum absolute atomic E-state index is 12.8. The third kappa shape index (κ3) is 4.17. The fourth-order valence-corrected chi connectivity index (χ4v) is 5.39. The van der Waals surface area contributed by atoms with Crippen molar-refractivity contribution in [3.05, 3.63) is 43.0 Å². The van der Waals surface area contributed by atoms with Crippen molar-refractivity contribution in [3.63, 3.8) is 0 Å². The van der Waals surface area contributed by atoms with Crippen LogP contribution in [0.25, 0.3) is 11.4 Å². The van der Waals surface area contributed by atoms with Crippen molar-refractivity contribution >= 4 is 17.7 Å². The second kappa shape index (κ2) is 8.95. The van der Waals surface area contributed by atoms with Gasteiger partial charge in [0.05, 0.1) is 5.75 Å². The Balaban J connectivity index is 1.41. The van der Waals surface area contributed by atoms with E-state index in [1.54, 1.807) is 0 Å². The molecule has 5 nitrogen and oxygen atoms in total. The van der Waals surface area contributed by atoms with Crippen LogP contribution >= 0.6 is 11.8 Å². The van der Waals surface area contributed by atoms with Crippen LogP contribution < -0.4 is 0 Å². The number of amides is 1. The molecule has 1 aromatic heterocycles. The smallest absolute Gasteiger partial charge is 0.233 e. The van der Waals surface area contributed by atoms with Crippen LogP contribution in [0.5, 0.6) is 0 Å². The highest BCUT2D eigenvalue weighted by Crippen LogP contribution is 2.36. The zero-order valence-corrected chi connectivity index (χ0v) is 17.1. The third-order valence-corrected chi connectivity index (χ3v) is 6.98. The number of hydrogen-bond acceptors (Lipinski definition) is 4. The molecule has 0 N–H and O–H groups in total. The van der Waals surface area contributed by atoms with Gasteiger partial charge >= 0.3 is 0 Å². The molecule has 1 amide bonds. The average molecular weight is 397 g/mol. The predicted octanol–water partition coefficient (Wildman–Crippen LogP) is 4.26. The number of likely N-dealkylation sites (tertiary alicyclic amines) is 1. The summed E-state index contributed by atoms with van der Waals surface area (Å²) in [6.45, 7) is 6.34. The molecule has 1 aliphatic carbocycles. The van der Waals surface area contributed by atoms with E-state index in [0.717, 1.165) is 35.6 Å². The largest absolute Gasteiger partial charge is 0.342 e. The Bertz CT molecular complexity index is 819. The number of carbonyl (C=O) groups excluding carboxylic acids is 1. The van der Waals surface area contributed by atoms with Crippen molar-refractivity contribution in [1.29, 1.82) is 0 Å². The summed E-state index contributed by atoms with van der Waals surface area (Å²) in [5, 5.41) is 9.50. The molecule has 1 saturated carbocycles. The van der Waals surface area contributed by atoms with Gasteiger partial charge in [-0.25, -0.2) is 0 Å². The lowest BCUT2D eigenvalue weighted by atomic mass is 9.75. The first kappa shape index (κ1) is 19.2. The first-order chi connectivity index (χ1) is 13.8. The van der Waals surface area contributed by atoms with Crippen LogP contribution in [0.4, 0.5) is 0 Å². The summed E-state index contributed by atoms with van der Waals surface area (Å²) in [6.07, 6.45) is 8.35. The van der Waals surface area contributed by atoms with Crippen LogP contribution in [-0.2, 0) is 11.3 Å². The summed E-state index contributed by atoms with van der Waals surface area (Å²) < 4.78 is 2.04. The minimum Gasteiger partial charge on any atom is -0.342 e. The van der Waals surface area contributed by atoms with Gasteiger partial charge in [-0.15, -0.1) is 16.8 Å². The van der Waals surface area contributed by atoms with Gasteiger partial charge in [-0.3, -0.25) is 9.36 Å². The number of allylic oxidation sites excluding steroid dienone is 1. The summed E-state index contributed by atoms with van der Waals surface area (Å²) in [7, 11) is 0. The van der Waals surface area contributed by atoms with Gasteiger partial charge in [-0.2, -0.15) is 0 Å². The molecule has 2 aromatic rings. The van der Waals surface area contributed by atoms with Gasteiger partial charge < -0.3 is 4.90 Å². The summed E-state index contributed by atoms with van der Waals surface area (Å²) in [5.74, 6) is 3.02. The van der Waals surface area contributed by atoms with E-state index in [-0.39, 0.29) is 5.91 Å². The topological polar surface area (TPSA) is 51.0 Å². The molecule has 2 aliphatic rings. The summed E-state index contributed by atoms with van der Waals surface area (Å²) >= 11 is 1.48. The molecule has 6 heteroatoms. The van der Waals surface area contributed by atoms with Gasteiger partial charge in [0.15, 0.2) is 11.0 Å². The molecule has 1 aliphatic heterocycles. The summed E-state index contributed by atoms with van der Waals surface area (Å²) in [4.78, 5) is 14.9. The van der Waals surface area contributed by atoms with Crippen LogP contribution in [0.3, 0.4) is 0 Å². The highest BCUT2D eigenvalue weighted by Gasteiger charge is 2.32. The number of nitrogens with zero attached hydrogens (tertiary/aromatic N) is 4. The number of aromatic nitrogens is 3. The predicted molar refractivity (Wildman–Crippen MR) is 113 cm³/mol. The fraction of sp³-hybridized carbons (Fsp3) is 0.500. The van der Waals surface area contributed by atoms with E-state index in [4.69, 9.17) is 0 Å². The normalized spacial score (nSPS) is 21.9. The molecular weight excluding hydrogens is 368 g/mol. The molecule has 0 bridgehead atoms. The van der Waals surface area contributed by atoms with Crippen molar-refractivity contribution < 1.29 is 4.79 Å². The third-order valence-electron chi connectivity index (χ3n) is 6.03. The first-order valence-electron chi connectivity index (χ1n) is 10.3. The Morgan fingerprint density at radius 2 is 1.93 bits per heavy atom. The van der Waals surface area contributed by atoms with Crippen molar-refractivity contribution in [2.24, 2.45) is 11.8 Å². The summed E-state index contributed by atoms with van der Waals surface area (Å²) in [5.41, 5.74) is 1.02. The highest BCUT2D eigenvalue weighted by molar-refractivity contribution is 7.99. The molecule has 0 unspecified atom stereocenters. The van der Waals surface area contributed by atoms with Crippen molar-refractivity contribution in [1.82, 2.24) is 19.7 Å². The minimum absolute atomic E-state index is 0.225. The summed E-state index contributed by atoms with van der Waals surface area (Å²) in [6, 6.07) is 10.0. The Morgan fingerprint density at radius 3 is 2.71 bits per heavy atom. The minimum atomic E-state index is 0.225. The van der Waals surface area contributed by atoms with E-state index in [1.807, 2.05) is 41.0 Å². The molecule has 0 radical (unpaired) electrons. The average Bonchev–Trinajstić information content (AvgIpc) is 3.15. The number of hydrogen-bond donors (Lipinski definition) is 0. The zero-order valence-electron chi connectivity index (χ0n) is 16.3. The Hall–Kier alpha value is -2.08. The van der Waals surface area contributed by atoms with Gasteiger partial charge in [0, 0.05) is 25.2 Å². The monoisotopic (exact) mass is 396 g/mol. The van der Waals surface area contributed by atoms with Gasteiger partial charge in [-0.1, -0.05) is 67.4 Å². The highest BCUT2D eigenvalue weighted by atomic mass is 32.2. The van der Waals surface area contributed by atoms with E-state index in [9.17, 15) is 4.79 Å². The molecule has 2 atom stereocenters. The van der Waals surface area contributed by atoms with Gasteiger partial charge in [0.2, 0.25) is 5.91 Å². The first-order valence-corrected chi connectivity index (χ1v) is 11.2. The Kier molecular flexibility index (Phi) is 6.15. The maximum Gasteiger partial charge on any atom is 0.233 e. The number of thioether (sulfide) groups is 1. The number of fused-ring (bicyclic) bond motifs is 1. The lowest BCUT2D eigenvalue weighted by molar-refractivity contribution is -0.131. The van der Waals surface area contributed by atoms with E-state index >= 15 is 0 Å². The fourth-order valence-electron chi connectivity index (χ4n) is 4.53. The zero-order chi connectivity index (χ0) is 19.3. The number of rotatable bonds is 6. The molecule has 0 spiro atoms. The SMILES string of the molecule is C=CCn1c(SCC(=O)N2CC[C@@H]3CCCC[C@@H]3C2)nnc1-c1ccccc1. The van der Waals surface area contributed by atoms with Gasteiger partial charge in [-0.05, 0) is 24.7 Å². The van der Waals surface area contributed by atoms with Crippen molar-refractivity contribution in [3.8, 4) is 11.4 Å². The molecule has 2 fully saturated rings. The van der Waals surface area contributed by atoms with Crippen LogP contribution in [0.1, 0.15) is 32.1 Å². The van der Waals surface area contributed by atoms with Gasteiger partial charge in [0.25, 0.3) is 0 Å². The number of carbonyl (C=O) groups is 1. The Morgan fingerprint density at radius 1 is 1.14 bits per heavy atom. The molecule has 28 heavy (non-hydrogen) atoms. The van der Waals surface area contributed by atoms with Crippen LogP contribution in [0.15, 0.2) is 48.1 Å². The van der Waals surface area contributed by atoms with E-state index in [0.29, 0.717) is 18.2 Å². The molecule has 148 valence electrons. The molecule has 1 aromatic carbocycles.